The van der Waals surface area contributed by atoms with Crippen molar-refractivity contribution in [2.75, 3.05) is 25.5 Å². The van der Waals surface area contributed by atoms with E-state index < -0.39 is 11.8 Å². The summed E-state index contributed by atoms with van der Waals surface area (Å²) in [6, 6.07) is 12.2. The van der Waals surface area contributed by atoms with Gasteiger partial charge in [-0.25, -0.2) is 9.18 Å². The molecule has 0 saturated carbocycles. The van der Waals surface area contributed by atoms with Crippen LogP contribution in [0.5, 0.6) is 0 Å². The second-order valence-corrected chi connectivity index (χ2v) is 6.60. The first kappa shape index (κ1) is 19.5. The van der Waals surface area contributed by atoms with Crippen LogP contribution in [0, 0.1) is 11.7 Å². The number of rotatable bonds is 4. The normalized spacial score (nSPS) is 14.4. The molecule has 0 bridgehead atoms. The smallest absolute Gasteiger partial charge is 0.339 e. The van der Waals surface area contributed by atoms with Gasteiger partial charge in [0.1, 0.15) is 5.82 Å². The van der Waals surface area contributed by atoms with Crippen molar-refractivity contribution < 1.29 is 23.5 Å². The highest BCUT2D eigenvalue weighted by Gasteiger charge is 2.28. The number of hydrogen-bond acceptors (Lipinski definition) is 4. The number of halogens is 1. The van der Waals surface area contributed by atoms with E-state index in [2.05, 4.69) is 5.32 Å². The maximum atomic E-state index is 13.3. The summed E-state index contributed by atoms with van der Waals surface area (Å²) in [5.74, 6) is -1.69. The predicted molar refractivity (Wildman–Crippen MR) is 101 cm³/mol. The van der Waals surface area contributed by atoms with Gasteiger partial charge < -0.3 is 15.0 Å². The summed E-state index contributed by atoms with van der Waals surface area (Å²) in [4.78, 5) is 38.5. The molecule has 2 aromatic carbocycles. The first-order valence-corrected chi connectivity index (χ1v) is 9.02. The van der Waals surface area contributed by atoms with Crippen molar-refractivity contribution in [3.05, 3.63) is 65.5 Å². The van der Waals surface area contributed by atoms with Gasteiger partial charge in [0, 0.05) is 24.6 Å². The van der Waals surface area contributed by atoms with E-state index in [1.54, 1.807) is 35.2 Å². The van der Waals surface area contributed by atoms with Crippen LogP contribution in [0.1, 0.15) is 33.6 Å². The van der Waals surface area contributed by atoms with Crippen molar-refractivity contribution in [1.29, 1.82) is 0 Å². The molecule has 0 spiro atoms. The average molecular weight is 384 g/mol. The number of nitrogens with zero attached hydrogens (tertiary/aromatic N) is 1. The van der Waals surface area contributed by atoms with Crippen LogP contribution in [-0.4, -0.2) is 42.9 Å². The molecular weight excluding hydrogens is 363 g/mol. The van der Waals surface area contributed by atoms with Crippen molar-refractivity contribution in [3.63, 3.8) is 0 Å². The van der Waals surface area contributed by atoms with Crippen LogP contribution in [0.15, 0.2) is 48.5 Å². The third-order valence-corrected chi connectivity index (χ3v) is 4.81. The number of amides is 2. The van der Waals surface area contributed by atoms with Crippen molar-refractivity contribution >= 4 is 23.5 Å². The highest BCUT2D eigenvalue weighted by Crippen LogP contribution is 2.23. The summed E-state index contributed by atoms with van der Waals surface area (Å²) in [6.45, 7) is 0.818. The van der Waals surface area contributed by atoms with E-state index in [0.29, 0.717) is 37.2 Å². The average Bonchev–Trinajstić information content (AvgIpc) is 2.73. The van der Waals surface area contributed by atoms with E-state index >= 15 is 0 Å². The number of carbonyl (C=O) groups is 3. The Bertz CT molecular complexity index is 891. The van der Waals surface area contributed by atoms with E-state index in [1.807, 2.05) is 0 Å². The first-order valence-electron chi connectivity index (χ1n) is 9.02. The summed E-state index contributed by atoms with van der Waals surface area (Å²) in [6.07, 6.45) is 0.987. The maximum Gasteiger partial charge on any atom is 0.339 e. The number of hydrogen-bond donors (Lipinski definition) is 1. The number of likely N-dealkylation sites (tertiary alicyclic amines) is 1. The number of methoxy groups -OCH3 is 1. The maximum absolute atomic E-state index is 13.3. The monoisotopic (exact) mass is 384 g/mol. The number of anilines is 1. The summed E-state index contributed by atoms with van der Waals surface area (Å²) in [5, 5.41) is 2.79. The fourth-order valence-electron chi connectivity index (χ4n) is 3.26. The van der Waals surface area contributed by atoms with Crippen LogP contribution >= 0.6 is 0 Å². The Morgan fingerprint density at radius 1 is 1.07 bits per heavy atom. The van der Waals surface area contributed by atoms with Crippen LogP contribution in [0.3, 0.4) is 0 Å². The van der Waals surface area contributed by atoms with E-state index in [-0.39, 0.29) is 23.3 Å². The molecule has 1 heterocycles. The zero-order valence-corrected chi connectivity index (χ0v) is 15.5. The lowest BCUT2D eigenvalue weighted by atomic mass is 9.95. The van der Waals surface area contributed by atoms with E-state index in [0.717, 1.165) is 0 Å². The van der Waals surface area contributed by atoms with Gasteiger partial charge in [-0.15, -0.1) is 0 Å². The Morgan fingerprint density at radius 2 is 1.79 bits per heavy atom. The predicted octanol–water partition coefficient (Wildman–Crippen LogP) is 3.10. The van der Waals surface area contributed by atoms with Gasteiger partial charge in [-0.1, -0.05) is 18.2 Å². The van der Waals surface area contributed by atoms with Gasteiger partial charge in [0.05, 0.1) is 18.4 Å². The Balaban J connectivity index is 1.60. The van der Waals surface area contributed by atoms with Crippen LogP contribution in [0.2, 0.25) is 0 Å². The molecule has 0 aliphatic carbocycles. The molecule has 1 N–H and O–H groups in total. The quantitative estimate of drug-likeness (QED) is 0.822. The van der Waals surface area contributed by atoms with Gasteiger partial charge in [0.25, 0.3) is 5.91 Å². The van der Waals surface area contributed by atoms with Gasteiger partial charge in [0.15, 0.2) is 0 Å². The molecule has 2 aromatic rings. The Labute approximate surface area is 162 Å². The van der Waals surface area contributed by atoms with Gasteiger partial charge in [-0.3, -0.25) is 9.59 Å². The fourth-order valence-corrected chi connectivity index (χ4v) is 3.26. The molecule has 1 fully saturated rings. The van der Waals surface area contributed by atoms with Crippen LogP contribution in [0.25, 0.3) is 0 Å². The minimum absolute atomic E-state index is 0.200. The standard InChI is InChI=1S/C21H21FN2O4/c1-28-21(27)17-7-2-3-8-18(17)23-19(25)14-9-11-24(12-10-14)20(26)15-5-4-6-16(22)13-15/h2-8,13-14H,9-12H2,1H3,(H,23,25). The summed E-state index contributed by atoms with van der Waals surface area (Å²) < 4.78 is 18.1. The number of esters is 1. The fraction of sp³-hybridized carbons (Fsp3) is 0.286. The zero-order valence-electron chi connectivity index (χ0n) is 15.5. The molecule has 0 unspecified atom stereocenters. The van der Waals surface area contributed by atoms with E-state index in [4.69, 9.17) is 4.74 Å². The topological polar surface area (TPSA) is 75.7 Å². The lowest BCUT2D eigenvalue weighted by Crippen LogP contribution is -2.41. The molecule has 0 aromatic heterocycles. The largest absolute Gasteiger partial charge is 0.465 e. The van der Waals surface area contributed by atoms with Crippen LogP contribution in [-0.2, 0) is 9.53 Å². The second kappa shape index (κ2) is 8.65. The molecule has 6 nitrogen and oxygen atoms in total. The number of ether oxygens (including phenoxy) is 1. The molecule has 0 atom stereocenters. The molecule has 1 saturated heterocycles. The van der Waals surface area contributed by atoms with Crippen molar-refractivity contribution in [2.24, 2.45) is 5.92 Å². The van der Waals surface area contributed by atoms with Gasteiger partial charge in [0.2, 0.25) is 5.91 Å². The molecule has 146 valence electrons. The lowest BCUT2D eigenvalue weighted by molar-refractivity contribution is -0.121. The summed E-state index contributed by atoms with van der Waals surface area (Å²) in [5.41, 5.74) is 0.990. The molecule has 1 aliphatic heterocycles. The number of nitrogens with one attached hydrogen (secondary N) is 1. The van der Waals surface area contributed by atoms with Crippen molar-refractivity contribution in [1.82, 2.24) is 4.90 Å². The number of piperidine rings is 1. The molecule has 7 heteroatoms. The van der Waals surface area contributed by atoms with Crippen molar-refractivity contribution in [3.8, 4) is 0 Å². The lowest BCUT2D eigenvalue weighted by Gasteiger charge is -2.31. The molecule has 3 rings (SSSR count). The highest BCUT2D eigenvalue weighted by molar-refractivity contribution is 6.02. The minimum atomic E-state index is -0.522. The number of carbonyl (C=O) groups excluding carboxylic acids is 3. The Hall–Kier alpha value is -3.22. The first-order chi connectivity index (χ1) is 13.5. The minimum Gasteiger partial charge on any atom is -0.465 e. The third kappa shape index (κ3) is 4.36. The highest BCUT2D eigenvalue weighted by atomic mass is 19.1. The third-order valence-electron chi connectivity index (χ3n) is 4.81. The zero-order chi connectivity index (χ0) is 20.1. The van der Waals surface area contributed by atoms with Gasteiger partial charge >= 0.3 is 5.97 Å². The summed E-state index contributed by atoms with van der Waals surface area (Å²) in [7, 11) is 1.28. The summed E-state index contributed by atoms with van der Waals surface area (Å²) >= 11 is 0. The van der Waals surface area contributed by atoms with Crippen LogP contribution < -0.4 is 5.32 Å². The van der Waals surface area contributed by atoms with Gasteiger partial charge in [-0.05, 0) is 43.2 Å². The molecular formula is C21H21FN2O4. The number of benzene rings is 2. The Kier molecular flexibility index (Phi) is 6.03. The molecule has 0 radical (unpaired) electrons. The van der Waals surface area contributed by atoms with Crippen molar-refractivity contribution in [2.45, 2.75) is 12.8 Å². The molecule has 28 heavy (non-hydrogen) atoms. The Morgan fingerprint density at radius 3 is 2.46 bits per heavy atom. The number of para-hydroxylation sites is 1. The molecule has 1 aliphatic rings. The SMILES string of the molecule is COC(=O)c1ccccc1NC(=O)C1CCN(C(=O)c2cccc(F)c2)CC1. The van der Waals surface area contributed by atoms with E-state index in [9.17, 15) is 18.8 Å². The van der Waals surface area contributed by atoms with Crippen LogP contribution in [0.4, 0.5) is 10.1 Å². The van der Waals surface area contributed by atoms with E-state index in [1.165, 1.54) is 25.3 Å². The second-order valence-electron chi connectivity index (χ2n) is 6.60. The molecule has 2 amide bonds. The van der Waals surface area contributed by atoms with Gasteiger partial charge in [-0.2, -0.15) is 0 Å².